The van der Waals surface area contributed by atoms with Gasteiger partial charge < -0.3 is 10.2 Å². The number of piperazine rings is 1. The number of hydrogen-bond acceptors (Lipinski definition) is 2. The molecule has 1 heterocycles. The molecule has 1 aromatic carbocycles. The van der Waals surface area contributed by atoms with Crippen LogP contribution >= 0.6 is 0 Å². The van der Waals surface area contributed by atoms with Gasteiger partial charge in [-0.1, -0.05) is 44.4 Å². The second-order valence-electron chi connectivity index (χ2n) is 5.26. The van der Waals surface area contributed by atoms with Gasteiger partial charge in [0.05, 0.1) is 0 Å². The predicted octanol–water partition coefficient (Wildman–Crippen LogP) is 2.68. The van der Waals surface area contributed by atoms with E-state index in [-0.39, 0.29) is 5.91 Å². The second kappa shape index (κ2) is 7.29. The predicted molar refractivity (Wildman–Crippen MR) is 78.3 cm³/mol. The molecule has 0 saturated carbocycles. The Labute approximate surface area is 116 Å². The quantitative estimate of drug-likeness (QED) is 0.826. The zero-order valence-corrected chi connectivity index (χ0v) is 11.8. The van der Waals surface area contributed by atoms with E-state index in [2.05, 4.69) is 12.2 Å². The van der Waals surface area contributed by atoms with Crippen LogP contribution in [0, 0.1) is 0 Å². The third-order valence-electron chi connectivity index (χ3n) is 3.72. The van der Waals surface area contributed by atoms with Crippen LogP contribution in [0.1, 0.15) is 43.0 Å². The van der Waals surface area contributed by atoms with Crippen LogP contribution in [-0.2, 0) is 0 Å². The molecule has 0 bridgehead atoms. The summed E-state index contributed by atoms with van der Waals surface area (Å²) in [5.74, 6) is 0.169. The van der Waals surface area contributed by atoms with Crippen molar-refractivity contribution in [2.75, 3.05) is 19.6 Å². The van der Waals surface area contributed by atoms with Crippen LogP contribution in [0.2, 0.25) is 0 Å². The van der Waals surface area contributed by atoms with Crippen molar-refractivity contribution in [1.29, 1.82) is 0 Å². The van der Waals surface area contributed by atoms with Crippen LogP contribution in [0.25, 0.3) is 0 Å². The number of hydrogen-bond donors (Lipinski definition) is 1. The standard InChI is InChI=1S/C16H24N2O/c1-2-3-5-10-15-13-18(12-11-17-15)16(19)14-8-6-4-7-9-14/h4,6-9,15,17H,2-3,5,10-13H2,1H3. The monoisotopic (exact) mass is 260 g/mol. The maximum atomic E-state index is 12.4. The van der Waals surface area contributed by atoms with Crippen LogP contribution in [0.15, 0.2) is 30.3 Å². The molecule has 1 atom stereocenters. The molecule has 2 rings (SSSR count). The summed E-state index contributed by atoms with van der Waals surface area (Å²) in [4.78, 5) is 14.4. The van der Waals surface area contributed by atoms with E-state index >= 15 is 0 Å². The smallest absolute Gasteiger partial charge is 0.253 e. The molecular formula is C16H24N2O. The van der Waals surface area contributed by atoms with Crippen LogP contribution in [0.4, 0.5) is 0 Å². The first-order chi connectivity index (χ1) is 9.31. The molecule has 1 aliphatic heterocycles. The second-order valence-corrected chi connectivity index (χ2v) is 5.26. The summed E-state index contributed by atoms with van der Waals surface area (Å²) in [5, 5.41) is 3.52. The molecule has 1 aliphatic rings. The maximum absolute atomic E-state index is 12.4. The highest BCUT2D eigenvalue weighted by Gasteiger charge is 2.23. The van der Waals surface area contributed by atoms with Gasteiger partial charge in [0, 0.05) is 31.2 Å². The van der Waals surface area contributed by atoms with Gasteiger partial charge in [-0.3, -0.25) is 4.79 Å². The molecule has 0 aromatic heterocycles. The Morgan fingerprint density at radius 1 is 1.32 bits per heavy atom. The lowest BCUT2D eigenvalue weighted by Crippen LogP contribution is -2.52. The molecule has 1 aromatic rings. The van der Waals surface area contributed by atoms with Crippen molar-refractivity contribution >= 4 is 5.91 Å². The van der Waals surface area contributed by atoms with E-state index in [0.29, 0.717) is 6.04 Å². The highest BCUT2D eigenvalue weighted by molar-refractivity contribution is 5.94. The number of nitrogens with one attached hydrogen (secondary N) is 1. The van der Waals surface area contributed by atoms with E-state index < -0.39 is 0 Å². The van der Waals surface area contributed by atoms with Crippen molar-refractivity contribution in [3.8, 4) is 0 Å². The van der Waals surface area contributed by atoms with E-state index in [1.165, 1.54) is 25.7 Å². The van der Waals surface area contributed by atoms with Crippen LogP contribution in [-0.4, -0.2) is 36.5 Å². The molecule has 3 heteroatoms. The summed E-state index contributed by atoms with van der Waals surface area (Å²) in [6, 6.07) is 10.1. The molecule has 104 valence electrons. The van der Waals surface area contributed by atoms with Crippen molar-refractivity contribution in [3.63, 3.8) is 0 Å². The van der Waals surface area contributed by atoms with E-state index in [1.807, 2.05) is 35.2 Å². The summed E-state index contributed by atoms with van der Waals surface area (Å²) in [7, 11) is 0. The fourth-order valence-electron chi connectivity index (χ4n) is 2.61. The number of nitrogens with zero attached hydrogens (tertiary/aromatic N) is 1. The van der Waals surface area contributed by atoms with E-state index in [4.69, 9.17) is 0 Å². The summed E-state index contributed by atoms with van der Waals surface area (Å²) < 4.78 is 0. The third-order valence-corrected chi connectivity index (χ3v) is 3.72. The number of benzene rings is 1. The van der Waals surface area contributed by atoms with E-state index in [1.54, 1.807) is 0 Å². The van der Waals surface area contributed by atoms with Gasteiger partial charge in [-0.05, 0) is 18.6 Å². The number of unbranched alkanes of at least 4 members (excludes halogenated alkanes) is 2. The normalized spacial score (nSPS) is 19.4. The average molecular weight is 260 g/mol. The molecule has 1 amide bonds. The van der Waals surface area contributed by atoms with Crippen molar-refractivity contribution < 1.29 is 4.79 Å². The number of carbonyl (C=O) groups is 1. The molecule has 3 nitrogen and oxygen atoms in total. The van der Waals surface area contributed by atoms with Gasteiger partial charge in [0.2, 0.25) is 0 Å². The average Bonchev–Trinajstić information content (AvgIpc) is 2.48. The third kappa shape index (κ3) is 4.06. The Morgan fingerprint density at radius 2 is 2.11 bits per heavy atom. The Kier molecular flexibility index (Phi) is 5.40. The maximum Gasteiger partial charge on any atom is 0.253 e. The lowest BCUT2D eigenvalue weighted by Gasteiger charge is -2.34. The first-order valence-electron chi connectivity index (χ1n) is 7.39. The largest absolute Gasteiger partial charge is 0.336 e. The fourth-order valence-corrected chi connectivity index (χ4v) is 2.61. The topological polar surface area (TPSA) is 32.3 Å². The highest BCUT2D eigenvalue weighted by atomic mass is 16.2. The van der Waals surface area contributed by atoms with Gasteiger partial charge in [0.25, 0.3) is 5.91 Å². The minimum atomic E-state index is 0.169. The van der Waals surface area contributed by atoms with E-state index in [0.717, 1.165) is 25.2 Å². The van der Waals surface area contributed by atoms with Gasteiger partial charge in [0.1, 0.15) is 0 Å². The molecule has 0 radical (unpaired) electrons. The molecule has 1 saturated heterocycles. The summed E-state index contributed by atoms with van der Waals surface area (Å²) in [6.45, 7) is 4.80. The molecule has 19 heavy (non-hydrogen) atoms. The molecule has 1 unspecified atom stereocenters. The number of amides is 1. The van der Waals surface area contributed by atoms with Gasteiger partial charge in [-0.25, -0.2) is 0 Å². The zero-order chi connectivity index (χ0) is 13.5. The van der Waals surface area contributed by atoms with Gasteiger partial charge in [0.15, 0.2) is 0 Å². The highest BCUT2D eigenvalue weighted by Crippen LogP contribution is 2.11. The summed E-state index contributed by atoms with van der Waals surface area (Å²) in [5.41, 5.74) is 0.803. The van der Waals surface area contributed by atoms with Gasteiger partial charge in [-0.15, -0.1) is 0 Å². The summed E-state index contributed by atoms with van der Waals surface area (Å²) in [6.07, 6.45) is 4.96. The SMILES string of the molecule is CCCCCC1CN(C(=O)c2ccccc2)CCN1. The Bertz CT molecular complexity index is 391. The van der Waals surface area contributed by atoms with Crippen molar-refractivity contribution in [2.45, 2.75) is 38.6 Å². The molecular weight excluding hydrogens is 236 g/mol. The zero-order valence-electron chi connectivity index (χ0n) is 11.8. The van der Waals surface area contributed by atoms with Crippen molar-refractivity contribution in [3.05, 3.63) is 35.9 Å². The van der Waals surface area contributed by atoms with Crippen LogP contribution in [0.3, 0.4) is 0 Å². The number of carbonyl (C=O) groups excluding carboxylic acids is 1. The fraction of sp³-hybridized carbons (Fsp3) is 0.562. The van der Waals surface area contributed by atoms with Gasteiger partial charge in [-0.2, -0.15) is 0 Å². The first kappa shape index (κ1) is 14.1. The van der Waals surface area contributed by atoms with Crippen molar-refractivity contribution in [2.24, 2.45) is 0 Å². The lowest BCUT2D eigenvalue weighted by atomic mass is 10.1. The Balaban J connectivity index is 1.88. The van der Waals surface area contributed by atoms with Crippen molar-refractivity contribution in [1.82, 2.24) is 10.2 Å². The minimum Gasteiger partial charge on any atom is -0.336 e. The minimum absolute atomic E-state index is 0.169. The van der Waals surface area contributed by atoms with E-state index in [9.17, 15) is 4.79 Å². The Morgan fingerprint density at radius 3 is 2.84 bits per heavy atom. The molecule has 0 aliphatic carbocycles. The van der Waals surface area contributed by atoms with Crippen LogP contribution in [0.5, 0.6) is 0 Å². The molecule has 1 fully saturated rings. The lowest BCUT2D eigenvalue weighted by molar-refractivity contribution is 0.0698. The summed E-state index contributed by atoms with van der Waals surface area (Å²) >= 11 is 0. The van der Waals surface area contributed by atoms with Gasteiger partial charge >= 0.3 is 0 Å². The Hall–Kier alpha value is -1.35. The molecule has 1 N–H and O–H groups in total. The first-order valence-corrected chi connectivity index (χ1v) is 7.39. The van der Waals surface area contributed by atoms with Crippen LogP contribution < -0.4 is 5.32 Å². The number of rotatable bonds is 5. The molecule has 0 spiro atoms.